The molecule has 3 atom stereocenters. The Kier molecular flexibility index (Phi) is 3.99. The summed E-state index contributed by atoms with van der Waals surface area (Å²) in [6, 6.07) is 0. The third-order valence-electron chi connectivity index (χ3n) is 5.06. The molecule has 3 N–H and O–H groups in total. The van der Waals surface area contributed by atoms with Crippen LogP contribution in [0.5, 0.6) is 0 Å². The summed E-state index contributed by atoms with van der Waals surface area (Å²) in [6.45, 7) is 1.96. The van der Waals surface area contributed by atoms with E-state index in [-0.39, 0.29) is 17.9 Å². The minimum Gasteiger partial charge on any atom is -0.386 e. The third kappa shape index (κ3) is 2.70. The van der Waals surface area contributed by atoms with Gasteiger partial charge in [-0.05, 0) is 25.3 Å². The molecule has 21 heavy (non-hydrogen) atoms. The van der Waals surface area contributed by atoms with Gasteiger partial charge in [-0.1, -0.05) is 12.8 Å². The molecule has 2 fully saturated rings. The van der Waals surface area contributed by atoms with Gasteiger partial charge < -0.3 is 15.7 Å². The molecular weight excluding hydrogens is 268 g/mol. The zero-order chi connectivity index (χ0) is 14.9. The first-order valence-electron chi connectivity index (χ1n) is 7.77. The SMILES string of the molecule is Cn1cc(C(O)CNC(=O)[C@@]23CCCC[C@H]2CNC3)cn1. The summed E-state index contributed by atoms with van der Waals surface area (Å²) in [5.41, 5.74) is 0.479. The van der Waals surface area contributed by atoms with Crippen LogP contribution in [0.25, 0.3) is 0 Å². The summed E-state index contributed by atoms with van der Waals surface area (Å²) in [6.07, 6.45) is 7.14. The summed E-state index contributed by atoms with van der Waals surface area (Å²) in [5, 5.41) is 20.5. The van der Waals surface area contributed by atoms with Crippen molar-refractivity contribution in [2.24, 2.45) is 18.4 Å². The number of nitrogens with one attached hydrogen (secondary N) is 2. The first-order chi connectivity index (χ1) is 10.1. The number of hydrogen-bond donors (Lipinski definition) is 3. The van der Waals surface area contributed by atoms with E-state index in [4.69, 9.17) is 0 Å². The smallest absolute Gasteiger partial charge is 0.227 e. The number of rotatable bonds is 4. The Morgan fingerprint density at radius 2 is 2.52 bits per heavy atom. The van der Waals surface area contributed by atoms with Gasteiger partial charge in [-0.3, -0.25) is 9.48 Å². The van der Waals surface area contributed by atoms with E-state index in [0.29, 0.717) is 5.92 Å². The van der Waals surface area contributed by atoms with Crippen molar-refractivity contribution in [3.63, 3.8) is 0 Å². The summed E-state index contributed by atoms with van der Waals surface area (Å²) in [7, 11) is 1.81. The van der Waals surface area contributed by atoms with E-state index >= 15 is 0 Å². The Balaban J connectivity index is 1.61. The summed E-state index contributed by atoms with van der Waals surface area (Å²) < 4.78 is 1.65. The van der Waals surface area contributed by atoms with Crippen LogP contribution in [0.4, 0.5) is 0 Å². The third-order valence-corrected chi connectivity index (χ3v) is 5.06. The van der Waals surface area contributed by atoms with E-state index < -0.39 is 6.10 Å². The van der Waals surface area contributed by atoms with Gasteiger partial charge in [0, 0.05) is 31.9 Å². The highest BCUT2D eigenvalue weighted by Gasteiger charge is 2.49. The highest BCUT2D eigenvalue weighted by Crippen LogP contribution is 2.43. The second kappa shape index (κ2) is 5.77. The van der Waals surface area contributed by atoms with Crippen molar-refractivity contribution in [3.8, 4) is 0 Å². The topological polar surface area (TPSA) is 79.2 Å². The first kappa shape index (κ1) is 14.5. The fourth-order valence-corrected chi connectivity index (χ4v) is 3.79. The van der Waals surface area contributed by atoms with Gasteiger partial charge in [-0.2, -0.15) is 5.10 Å². The lowest BCUT2D eigenvalue weighted by molar-refractivity contribution is -0.134. The lowest BCUT2D eigenvalue weighted by Crippen LogP contribution is -2.48. The van der Waals surface area contributed by atoms with E-state index in [0.717, 1.165) is 37.9 Å². The van der Waals surface area contributed by atoms with Crippen molar-refractivity contribution in [3.05, 3.63) is 18.0 Å². The highest BCUT2D eigenvalue weighted by molar-refractivity contribution is 5.84. The second-order valence-corrected chi connectivity index (χ2v) is 6.40. The number of fused-ring (bicyclic) bond motifs is 1. The number of hydrogen-bond acceptors (Lipinski definition) is 4. The molecule has 0 radical (unpaired) electrons. The van der Waals surface area contributed by atoms with E-state index in [1.165, 1.54) is 6.42 Å². The van der Waals surface area contributed by atoms with Crippen molar-refractivity contribution >= 4 is 5.91 Å². The molecule has 0 aromatic carbocycles. The fourth-order valence-electron chi connectivity index (χ4n) is 3.79. The van der Waals surface area contributed by atoms with Gasteiger partial charge in [0.25, 0.3) is 0 Å². The zero-order valence-electron chi connectivity index (χ0n) is 12.5. The predicted molar refractivity (Wildman–Crippen MR) is 78.4 cm³/mol. The molecule has 116 valence electrons. The minimum absolute atomic E-state index is 0.0974. The van der Waals surface area contributed by atoms with Crippen molar-refractivity contribution in [1.82, 2.24) is 20.4 Å². The van der Waals surface area contributed by atoms with Crippen LogP contribution in [0, 0.1) is 11.3 Å². The van der Waals surface area contributed by atoms with E-state index in [1.807, 2.05) is 7.05 Å². The maximum Gasteiger partial charge on any atom is 0.227 e. The molecule has 1 aliphatic carbocycles. The van der Waals surface area contributed by atoms with Gasteiger partial charge in [0.05, 0.1) is 17.7 Å². The largest absolute Gasteiger partial charge is 0.386 e. The van der Waals surface area contributed by atoms with Crippen molar-refractivity contribution in [2.45, 2.75) is 31.8 Å². The van der Waals surface area contributed by atoms with Crippen LogP contribution in [0.2, 0.25) is 0 Å². The Labute approximate surface area is 124 Å². The van der Waals surface area contributed by atoms with Crippen LogP contribution in [0.1, 0.15) is 37.4 Å². The van der Waals surface area contributed by atoms with E-state index in [1.54, 1.807) is 17.1 Å². The van der Waals surface area contributed by atoms with Crippen LogP contribution >= 0.6 is 0 Å². The van der Waals surface area contributed by atoms with Crippen LogP contribution in [-0.2, 0) is 11.8 Å². The first-order valence-corrected chi connectivity index (χ1v) is 7.77. The number of carbonyl (C=O) groups is 1. The summed E-state index contributed by atoms with van der Waals surface area (Å²) in [5.74, 6) is 0.543. The van der Waals surface area contributed by atoms with Crippen LogP contribution in [-0.4, -0.2) is 40.4 Å². The van der Waals surface area contributed by atoms with Gasteiger partial charge in [0.2, 0.25) is 5.91 Å². The molecule has 1 amide bonds. The second-order valence-electron chi connectivity index (χ2n) is 6.40. The molecule has 1 aromatic heterocycles. The fraction of sp³-hybridized carbons (Fsp3) is 0.733. The molecule has 6 nitrogen and oxygen atoms in total. The quantitative estimate of drug-likeness (QED) is 0.748. The molecule has 0 bridgehead atoms. The number of amides is 1. The van der Waals surface area contributed by atoms with Crippen LogP contribution in [0.15, 0.2) is 12.4 Å². The number of aromatic nitrogens is 2. The van der Waals surface area contributed by atoms with E-state index in [9.17, 15) is 9.90 Å². The van der Waals surface area contributed by atoms with E-state index in [2.05, 4.69) is 15.7 Å². The Morgan fingerprint density at radius 1 is 1.67 bits per heavy atom. The summed E-state index contributed by atoms with van der Waals surface area (Å²) in [4.78, 5) is 12.7. The Morgan fingerprint density at radius 3 is 3.29 bits per heavy atom. The molecule has 3 rings (SSSR count). The van der Waals surface area contributed by atoms with Gasteiger partial charge >= 0.3 is 0 Å². The maximum atomic E-state index is 12.7. The normalized spacial score (nSPS) is 29.9. The molecule has 0 spiro atoms. The number of nitrogens with zero attached hydrogens (tertiary/aromatic N) is 2. The standard InChI is InChI=1S/C15H24N4O2/c1-19-9-11(6-18-19)13(20)8-17-14(21)15-5-3-2-4-12(15)7-16-10-15/h6,9,12-13,16,20H,2-5,7-8,10H2,1H3,(H,17,21)/t12-,13?,15+/m0/s1. The van der Waals surface area contributed by atoms with Gasteiger partial charge in [0.15, 0.2) is 0 Å². The Hall–Kier alpha value is -1.40. The van der Waals surface area contributed by atoms with Gasteiger partial charge in [-0.25, -0.2) is 0 Å². The molecule has 1 saturated carbocycles. The lowest BCUT2D eigenvalue weighted by Gasteiger charge is -2.37. The average Bonchev–Trinajstić information content (AvgIpc) is 3.11. The number of aliphatic hydroxyl groups excluding tert-OH is 1. The molecule has 2 aliphatic rings. The van der Waals surface area contributed by atoms with Gasteiger partial charge in [-0.15, -0.1) is 0 Å². The maximum absolute atomic E-state index is 12.7. The van der Waals surface area contributed by atoms with Crippen molar-refractivity contribution in [2.75, 3.05) is 19.6 Å². The minimum atomic E-state index is -0.699. The highest BCUT2D eigenvalue weighted by atomic mass is 16.3. The lowest BCUT2D eigenvalue weighted by atomic mass is 9.67. The number of aliphatic hydroxyl groups is 1. The molecule has 2 heterocycles. The Bertz CT molecular complexity index is 516. The summed E-state index contributed by atoms with van der Waals surface area (Å²) >= 11 is 0. The molecular formula is C15H24N4O2. The molecule has 1 unspecified atom stereocenters. The average molecular weight is 292 g/mol. The molecule has 6 heteroatoms. The van der Waals surface area contributed by atoms with Gasteiger partial charge in [0.1, 0.15) is 0 Å². The van der Waals surface area contributed by atoms with Crippen molar-refractivity contribution in [1.29, 1.82) is 0 Å². The van der Waals surface area contributed by atoms with Crippen molar-refractivity contribution < 1.29 is 9.90 Å². The number of aryl methyl sites for hydroxylation is 1. The molecule has 1 aliphatic heterocycles. The van der Waals surface area contributed by atoms with Crippen LogP contribution in [0.3, 0.4) is 0 Å². The molecule has 1 saturated heterocycles. The molecule has 1 aromatic rings. The zero-order valence-corrected chi connectivity index (χ0v) is 12.5. The van der Waals surface area contributed by atoms with Crippen LogP contribution < -0.4 is 10.6 Å². The predicted octanol–water partition coefficient (Wildman–Crippen LogP) is 0.349. The monoisotopic (exact) mass is 292 g/mol. The number of carbonyl (C=O) groups excluding carboxylic acids is 1.